The first-order chi connectivity index (χ1) is 6.93. The van der Waals surface area contributed by atoms with E-state index in [9.17, 15) is 0 Å². The van der Waals surface area contributed by atoms with Gasteiger partial charge in [-0.3, -0.25) is 0 Å². The lowest BCUT2D eigenvalue weighted by atomic mass is 9.79. The van der Waals surface area contributed by atoms with Crippen molar-refractivity contribution < 1.29 is 0 Å². The van der Waals surface area contributed by atoms with E-state index < -0.39 is 0 Å². The van der Waals surface area contributed by atoms with Gasteiger partial charge in [-0.2, -0.15) is 0 Å². The minimum absolute atomic E-state index is 0.376. The van der Waals surface area contributed by atoms with Gasteiger partial charge < -0.3 is 5.32 Å². The summed E-state index contributed by atoms with van der Waals surface area (Å²) in [7, 11) is 0. The summed E-state index contributed by atoms with van der Waals surface area (Å²) in [6, 6.07) is 1.38. The second-order valence-electron chi connectivity index (χ2n) is 5.93. The molecule has 1 heteroatoms. The lowest BCUT2D eigenvalue weighted by Gasteiger charge is -2.31. The van der Waals surface area contributed by atoms with Crippen molar-refractivity contribution in [1.82, 2.24) is 5.32 Å². The molecule has 0 spiro atoms. The van der Waals surface area contributed by atoms with Crippen molar-refractivity contribution >= 4 is 0 Å². The molecule has 0 aliphatic heterocycles. The van der Waals surface area contributed by atoms with Crippen LogP contribution in [0.15, 0.2) is 11.6 Å². The molecule has 1 nitrogen and oxygen atoms in total. The summed E-state index contributed by atoms with van der Waals surface area (Å²) in [6.07, 6.45) is 7.50. The van der Waals surface area contributed by atoms with Crippen LogP contribution in [0.2, 0.25) is 0 Å². The van der Waals surface area contributed by atoms with Gasteiger partial charge in [-0.1, -0.05) is 39.3 Å². The summed E-state index contributed by atoms with van der Waals surface area (Å²) >= 11 is 0. The van der Waals surface area contributed by atoms with Gasteiger partial charge in [0, 0.05) is 12.1 Å². The second-order valence-corrected chi connectivity index (χ2v) is 5.93. The molecule has 0 heterocycles. The molecular formula is C14H27N. The quantitative estimate of drug-likeness (QED) is 0.695. The first-order valence-electron chi connectivity index (χ1n) is 6.39. The third-order valence-corrected chi connectivity index (χ3v) is 3.51. The van der Waals surface area contributed by atoms with Crippen LogP contribution >= 0.6 is 0 Å². The van der Waals surface area contributed by atoms with E-state index in [0.717, 1.165) is 0 Å². The van der Waals surface area contributed by atoms with Gasteiger partial charge in [-0.25, -0.2) is 0 Å². The Morgan fingerprint density at radius 1 is 1.47 bits per heavy atom. The number of nitrogens with one attached hydrogen (secondary N) is 1. The van der Waals surface area contributed by atoms with Crippen LogP contribution in [0.1, 0.15) is 60.3 Å². The minimum atomic E-state index is 0.376. The molecule has 0 aromatic carbocycles. The zero-order valence-corrected chi connectivity index (χ0v) is 11.1. The van der Waals surface area contributed by atoms with Crippen LogP contribution in [0.3, 0.4) is 0 Å². The van der Waals surface area contributed by atoms with Crippen molar-refractivity contribution in [2.75, 3.05) is 0 Å². The molecule has 0 aromatic rings. The first-order valence-corrected chi connectivity index (χ1v) is 6.39. The summed E-state index contributed by atoms with van der Waals surface area (Å²) in [6.45, 7) is 11.5. The Labute approximate surface area is 95.3 Å². The maximum atomic E-state index is 3.70. The molecular weight excluding hydrogens is 182 g/mol. The predicted octanol–water partition coefficient (Wildman–Crippen LogP) is 3.90. The molecule has 15 heavy (non-hydrogen) atoms. The topological polar surface area (TPSA) is 12.0 Å². The average molecular weight is 209 g/mol. The highest BCUT2D eigenvalue weighted by atomic mass is 14.9. The summed E-state index contributed by atoms with van der Waals surface area (Å²) < 4.78 is 0. The highest BCUT2D eigenvalue weighted by Gasteiger charge is 2.22. The monoisotopic (exact) mass is 209 g/mol. The fourth-order valence-electron chi connectivity index (χ4n) is 2.19. The fraction of sp³-hybridized carbons (Fsp3) is 0.857. The normalized spacial score (nSPS) is 24.9. The van der Waals surface area contributed by atoms with E-state index >= 15 is 0 Å². The smallest absolute Gasteiger partial charge is 0.0107 e. The van der Waals surface area contributed by atoms with Gasteiger partial charge in [0.2, 0.25) is 0 Å². The van der Waals surface area contributed by atoms with Gasteiger partial charge >= 0.3 is 0 Å². The molecule has 1 N–H and O–H groups in total. The zero-order valence-electron chi connectivity index (χ0n) is 11.1. The SMILES string of the molecule is CCC(C)N[C@@H]1CC=C(C(C)(C)C)CC1. The van der Waals surface area contributed by atoms with E-state index in [1.54, 1.807) is 5.57 Å². The molecule has 0 aromatic heterocycles. The summed E-state index contributed by atoms with van der Waals surface area (Å²) in [5.74, 6) is 0. The van der Waals surface area contributed by atoms with Crippen LogP contribution in [0.4, 0.5) is 0 Å². The Bertz CT molecular complexity index is 222. The summed E-state index contributed by atoms with van der Waals surface area (Å²) in [5.41, 5.74) is 2.02. The highest BCUT2D eigenvalue weighted by Crippen LogP contribution is 2.33. The number of allylic oxidation sites excluding steroid dienone is 1. The third kappa shape index (κ3) is 3.98. The molecule has 0 fully saturated rings. The number of hydrogen-bond donors (Lipinski definition) is 1. The van der Waals surface area contributed by atoms with Crippen LogP contribution in [0.25, 0.3) is 0 Å². The van der Waals surface area contributed by atoms with Crippen molar-refractivity contribution in [3.63, 3.8) is 0 Å². The maximum absolute atomic E-state index is 3.70. The van der Waals surface area contributed by atoms with Crippen LogP contribution in [-0.4, -0.2) is 12.1 Å². The largest absolute Gasteiger partial charge is 0.311 e. The van der Waals surface area contributed by atoms with Crippen LogP contribution in [-0.2, 0) is 0 Å². The lowest BCUT2D eigenvalue weighted by molar-refractivity contribution is 0.378. The van der Waals surface area contributed by atoms with Gasteiger partial charge in [-0.05, 0) is 38.0 Å². The maximum Gasteiger partial charge on any atom is 0.0107 e. The van der Waals surface area contributed by atoms with E-state index in [1.165, 1.54) is 25.7 Å². The van der Waals surface area contributed by atoms with Gasteiger partial charge in [0.25, 0.3) is 0 Å². The molecule has 0 saturated heterocycles. The number of hydrogen-bond acceptors (Lipinski definition) is 1. The molecule has 0 amide bonds. The van der Waals surface area contributed by atoms with Gasteiger partial charge in [-0.15, -0.1) is 0 Å². The van der Waals surface area contributed by atoms with Crippen molar-refractivity contribution in [2.24, 2.45) is 5.41 Å². The number of rotatable bonds is 3. The summed E-state index contributed by atoms with van der Waals surface area (Å²) in [4.78, 5) is 0. The van der Waals surface area contributed by atoms with E-state index in [0.29, 0.717) is 17.5 Å². The Morgan fingerprint density at radius 2 is 2.13 bits per heavy atom. The second kappa shape index (κ2) is 5.16. The molecule has 88 valence electrons. The molecule has 1 aliphatic rings. The lowest BCUT2D eigenvalue weighted by Crippen LogP contribution is -2.37. The van der Waals surface area contributed by atoms with E-state index in [2.05, 4.69) is 46.0 Å². The van der Waals surface area contributed by atoms with Gasteiger partial charge in [0.15, 0.2) is 0 Å². The molecule has 0 radical (unpaired) electrons. The van der Waals surface area contributed by atoms with Crippen LogP contribution in [0, 0.1) is 5.41 Å². The van der Waals surface area contributed by atoms with Crippen molar-refractivity contribution in [2.45, 2.75) is 72.4 Å². The zero-order chi connectivity index (χ0) is 11.5. The Morgan fingerprint density at radius 3 is 2.53 bits per heavy atom. The predicted molar refractivity (Wildman–Crippen MR) is 68.1 cm³/mol. The van der Waals surface area contributed by atoms with Crippen LogP contribution in [0.5, 0.6) is 0 Å². The molecule has 0 bridgehead atoms. The molecule has 1 aliphatic carbocycles. The van der Waals surface area contributed by atoms with Gasteiger partial charge in [0.05, 0.1) is 0 Å². The first kappa shape index (κ1) is 12.8. The van der Waals surface area contributed by atoms with Crippen molar-refractivity contribution in [3.05, 3.63) is 11.6 Å². The van der Waals surface area contributed by atoms with Crippen molar-refractivity contribution in [3.8, 4) is 0 Å². The molecule has 1 rings (SSSR count). The third-order valence-electron chi connectivity index (χ3n) is 3.51. The fourth-order valence-corrected chi connectivity index (χ4v) is 2.19. The van der Waals surface area contributed by atoms with Gasteiger partial charge in [0.1, 0.15) is 0 Å². The highest BCUT2D eigenvalue weighted by molar-refractivity contribution is 5.14. The van der Waals surface area contributed by atoms with Crippen molar-refractivity contribution in [1.29, 1.82) is 0 Å². The van der Waals surface area contributed by atoms with E-state index in [4.69, 9.17) is 0 Å². The Hall–Kier alpha value is -0.300. The Kier molecular flexibility index (Phi) is 4.39. The molecule has 1 unspecified atom stereocenters. The molecule has 0 saturated carbocycles. The van der Waals surface area contributed by atoms with E-state index in [1.807, 2.05) is 0 Å². The summed E-state index contributed by atoms with van der Waals surface area (Å²) in [5, 5.41) is 3.70. The standard InChI is InChI=1S/C14H27N/c1-6-11(2)15-13-9-7-12(8-10-13)14(3,4)5/h7,11,13,15H,6,8-10H2,1-5H3/t11?,13-/m1/s1. The van der Waals surface area contributed by atoms with E-state index in [-0.39, 0.29) is 0 Å². The minimum Gasteiger partial charge on any atom is -0.311 e. The Balaban J connectivity index is 2.44. The average Bonchev–Trinajstić information content (AvgIpc) is 2.17. The van der Waals surface area contributed by atoms with Crippen LogP contribution < -0.4 is 5.32 Å². The molecule has 2 atom stereocenters.